The molecule has 102 valence electrons. The second-order valence-corrected chi connectivity index (χ2v) is 4.97. The number of aromatic nitrogens is 1. The molecular weight excluding hydrogens is 240 g/mol. The number of pyridine rings is 1. The summed E-state index contributed by atoms with van der Waals surface area (Å²) in [6, 6.07) is 3.98. The first-order valence-electron chi connectivity index (χ1n) is 6.80. The molecule has 0 aliphatic carbocycles. The van der Waals surface area contributed by atoms with Gasteiger partial charge >= 0.3 is 6.09 Å². The number of hydrogen-bond acceptors (Lipinski definition) is 2. The van der Waals surface area contributed by atoms with Crippen LogP contribution in [0.25, 0.3) is 6.08 Å². The molecule has 1 aromatic heterocycles. The summed E-state index contributed by atoms with van der Waals surface area (Å²) < 4.78 is 0. The highest BCUT2D eigenvalue weighted by molar-refractivity contribution is 5.64. The van der Waals surface area contributed by atoms with Gasteiger partial charge in [0.05, 0.1) is 0 Å². The third kappa shape index (κ3) is 4.39. The molecule has 0 bridgehead atoms. The highest BCUT2D eigenvalue weighted by Crippen LogP contribution is 2.22. The number of likely N-dealkylation sites (tertiary alicyclic amines) is 1. The predicted octanol–water partition coefficient (Wildman–Crippen LogP) is 3.27. The van der Waals surface area contributed by atoms with Crippen LogP contribution in [0.2, 0.25) is 0 Å². The Labute approximate surface area is 113 Å². The lowest BCUT2D eigenvalue weighted by atomic mass is 9.92. The number of carboxylic acid groups (broad SMARTS) is 1. The molecule has 0 aromatic carbocycles. The van der Waals surface area contributed by atoms with Gasteiger partial charge in [0.25, 0.3) is 0 Å². The van der Waals surface area contributed by atoms with E-state index in [0.29, 0.717) is 19.0 Å². The van der Waals surface area contributed by atoms with Gasteiger partial charge < -0.3 is 10.0 Å². The monoisotopic (exact) mass is 260 g/mol. The van der Waals surface area contributed by atoms with Gasteiger partial charge in [0.15, 0.2) is 0 Å². The van der Waals surface area contributed by atoms with E-state index in [1.54, 1.807) is 12.4 Å². The van der Waals surface area contributed by atoms with Crippen molar-refractivity contribution >= 4 is 12.2 Å². The first-order chi connectivity index (χ1) is 9.25. The Morgan fingerprint density at radius 3 is 2.68 bits per heavy atom. The van der Waals surface area contributed by atoms with Crippen LogP contribution in [0.15, 0.2) is 30.6 Å². The first kappa shape index (κ1) is 13.6. The van der Waals surface area contributed by atoms with Crippen LogP contribution in [-0.4, -0.2) is 34.2 Å². The van der Waals surface area contributed by atoms with E-state index in [-0.39, 0.29) is 0 Å². The fourth-order valence-corrected chi connectivity index (χ4v) is 2.44. The zero-order valence-corrected chi connectivity index (χ0v) is 11.0. The van der Waals surface area contributed by atoms with Crippen molar-refractivity contribution in [3.63, 3.8) is 0 Å². The minimum atomic E-state index is -0.781. The lowest BCUT2D eigenvalue weighted by Gasteiger charge is -2.29. The van der Waals surface area contributed by atoms with Crippen LogP contribution in [-0.2, 0) is 0 Å². The second kappa shape index (κ2) is 6.92. The summed E-state index contributed by atoms with van der Waals surface area (Å²) in [5.74, 6) is 0.665. The van der Waals surface area contributed by atoms with Crippen LogP contribution in [0.4, 0.5) is 4.79 Å². The van der Waals surface area contributed by atoms with Crippen LogP contribution in [0.3, 0.4) is 0 Å². The molecule has 0 atom stereocenters. The zero-order chi connectivity index (χ0) is 13.5. The lowest BCUT2D eigenvalue weighted by Crippen LogP contribution is -2.37. The fraction of sp³-hybridized carbons (Fsp3) is 0.467. The molecule has 0 spiro atoms. The van der Waals surface area contributed by atoms with E-state index >= 15 is 0 Å². The average Bonchev–Trinajstić information content (AvgIpc) is 2.45. The van der Waals surface area contributed by atoms with Gasteiger partial charge in [-0.25, -0.2) is 4.79 Å². The maximum Gasteiger partial charge on any atom is 0.407 e. The average molecular weight is 260 g/mol. The van der Waals surface area contributed by atoms with Crippen molar-refractivity contribution in [2.75, 3.05) is 13.1 Å². The summed E-state index contributed by atoms with van der Waals surface area (Å²) in [5.41, 5.74) is 1.18. The van der Waals surface area contributed by atoms with Crippen molar-refractivity contribution in [2.45, 2.75) is 25.7 Å². The number of rotatable bonds is 4. The molecule has 1 fully saturated rings. The Balaban J connectivity index is 1.67. The number of hydrogen-bond donors (Lipinski definition) is 1. The highest BCUT2D eigenvalue weighted by Gasteiger charge is 2.21. The van der Waals surface area contributed by atoms with E-state index in [1.807, 2.05) is 12.1 Å². The number of piperidine rings is 1. The van der Waals surface area contributed by atoms with E-state index in [1.165, 1.54) is 10.5 Å². The largest absolute Gasteiger partial charge is 0.465 e. The van der Waals surface area contributed by atoms with Crippen molar-refractivity contribution in [2.24, 2.45) is 5.92 Å². The van der Waals surface area contributed by atoms with E-state index < -0.39 is 6.09 Å². The van der Waals surface area contributed by atoms with E-state index in [0.717, 1.165) is 25.7 Å². The Morgan fingerprint density at radius 1 is 1.37 bits per heavy atom. The molecule has 2 rings (SSSR count). The summed E-state index contributed by atoms with van der Waals surface area (Å²) >= 11 is 0. The Hall–Kier alpha value is -1.84. The third-order valence-corrected chi connectivity index (χ3v) is 3.64. The summed E-state index contributed by atoms with van der Waals surface area (Å²) in [5, 5.41) is 8.87. The molecule has 1 aromatic rings. The molecule has 1 aliphatic heterocycles. The molecule has 4 heteroatoms. The summed E-state index contributed by atoms with van der Waals surface area (Å²) in [7, 11) is 0. The van der Waals surface area contributed by atoms with Gasteiger partial charge in [-0.2, -0.15) is 0 Å². The van der Waals surface area contributed by atoms with E-state index in [9.17, 15) is 4.79 Å². The van der Waals surface area contributed by atoms with Crippen molar-refractivity contribution in [3.05, 3.63) is 36.2 Å². The van der Waals surface area contributed by atoms with Gasteiger partial charge in [-0.1, -0.05) is 12.2 Å². The van der Waals surface area contributed by atoms with Crippen LogP contribution in [0, 0.1) is 5.92 Å². The molecule has 4 nitrogen and oxygen atoms in total. The lowest BCUT2D eigenvalue weighted by molar-refractivity contribution is 0.123. The quantitative estimate of drug-likeness (QED) is 0.904. The first-order valence-corrected chi connectivity index (χ1v) is 6.80. The van der Waals surface area contributed by atoms with Crippen LogP contribution >= 0.6 is 0 Å². The number of nitrogens with zero attached hydrogens (tertiary/aromatic N) is 2. The third-order valence-electron chi connectivity index (χ3n) is 3.64. The van der Waals surface area contributed by atoms with Gasteiger partial charge in [0.2, 0.25) is 0 Å². The Kier molecular flexibility index (Phi) is 4.95. The van der Waals surface area contributed by atoms with E-state index in [2.05, 4.69) is 17.1 Å². The maximum atomic E-state index is 10.8. The molecule has 1 N–H and O–H groups in total. The van der Waals surface area contributed by atoms with Gasteiger partial charge in [-0.05, 0) is 49.3 Å². The van der Waals surface area contributed by atoms with Crippen molar-refractivity contribution in [1.29, 1.82) is 0 Å². The van der Waals surface area contributed by atoms with Crippen molar-refractivity contribution in [3.8, 4) is 0 Å². The molecule has 0 radical (unpaired) electrons. The molecule has 2 heterocycles. The highest BCUT2D eigenvalue weighted by atomic mass is 16.4. The normalized spacial score (nSPS) is 16.9. The van der Waals surface area contributed by atoms with Crippen molar-refractivity contribution < 1.29 is 9.90 Å². The van der Waals surface area contributed by atoms with Crippen LogP contribution < -0.4 is 0 Å². The predicted molar refractivity (Wildman–Crippen MR) is 74.8 cm³/mol. The second-order valence-electron chi connectivity index (χ2n) is 4.97. The molecule has 0 unspecified atom stereocenters. The summed E-state index contributed by atoms with van der Waals surface area (Å²) in [6.45, 7) is 1.38. The number of carbonyl (C=O) groups is 1. The van der Waals surface area contributed by atoms with Gasteiger partial charge in [0, 0.05) is 25.5 Å². The Bertz CT molecular complexity index is 423. The van der Waals surface area contributed by atoms with E-state index in [4.69, 9.17) is 5.11 Å². The van der Waals surface area contributed by atoms with Crippen molar-refractivity contribution in [1.82, 2.24) is 9.88 Å². The molecule has 1 amide bonds. The summed E-state index contributed by atoms with van der Waals surface area (Å²) in [6.07, 6.45) is 11.3. The molecule has 19 heavy (non-hydrogen) atoms. The Morgan fingerprint density at radius 2 is 2.05 bits per heavy atom. The molecular formula is C15H20N2O2. The molecule has 1 saturated heterocycles. The maximum absolute atomic E-state index is 10.8. The molecule has 0 saturated carbocycles. The minimum absolute atomic E-state index is 0.665. The van der Waals surface area contributed by atoms with Gasteiger partial charge in [-0.15, -0.1) is 0 Å². The SMILES string of the molecule is O=C(O)N1CCC(CCC=Cc2ccncc2)CC1. The number of amides is 1. The number of allylic oxidation sites excluding steroid dienone is 1. The zero-order valence-electron chi connectivity index (χ0n) is 11.0. The minimum Gasteiger partial charge on any atom is -0.465 e. The fourth-order valence-electron chi connectivity index (χ4n) is 2.44. The molecule has 1 aliphatic rings. The standard InChI is InChI=1S/C15H20N2O2/c18-15(19)17-11-7-14(8-12-17)4-2-1-3-13-5-9-16-10-6-13/h1,3,5-6,9-10,14H,2,4,7-8,11-12H2,(H,18,19). The van der Waals surface area contributed by atoms with Crippen LogP contribution in [0.1, 0.15) is 31.2 Å². The van der Waals surface area contributed by atoms with Gasteiger partial charge in [-0.3, -0.25) is 4.98 Å². The van der Waals surface area contributed by atoms with Gasteiger partial charge in [0.1, 0.15) is 0 Å². The summed E-state index contributed by atoms with van der Waals surface area (Å²) in [4.78, 5) is 16.3. The topological polar surface area (TPSA) is 53.4 Å². The smallest absolute Gasteiger partial charge is 0.407 e. The van der Waals surface area contributed by atoms with Crippen LogP contribution in [0.5, 0.6) is 0 Å².